The minimum absolute atomic E-state index is 0.0168. The Balaban J connectivity index is 1.69. The third kappa shape index (κ3) is 4.03. The molecular weight excluding hydrogens is 336 g/mol. The Labute approximate surface area is 149 Å². The summed E-state index contributed by atoms with van der Waals surface area (Å²) in [6.07, 6.45) is 1.58. The Kier molecular flexibility index (Phi) is 4.93. The van der Waals surface area contributed by atoms with Crippen LogP contribution >= 0.6 is 0 Å². The van der Waals surface area contributed by atoms with Gasteiger partial charge in [0.2, 0.25) is 0 Å². The molecule has 0 bridgehead atoms. The van der Waals surface area contributed by atoms with Crippen LogP contribution < -0.4 is 10.6 Å². The van der Waals surface area contributed by atoms with Gasteiger partial charge in [0, 0.05) is 11.3 Å². The fourth-order valence-corrected chi connectivity index (χ4v) is 2.48. The van der Waals surface area contributed by atoms with E-state index in [2.05, 4.69) is 21.7 Å². The Bertz CT molecular complexity index is 956. The largest absolute Gasteiger partial charge is 0.354 e. The number of nitrogens with one attached hydrogen (secondary N) is 2. The Morgan fingerprint density at radius 1 is 0.962 bits per heavy atom. The van der Waals surface area contributed by atoms with Crippen molar-refractivity contribution in [3.63, 3.8) is 0 Å². The number of carbonyl (C=O) groups excluding carboxylic acids is 1. The van der Waals surface area contributed by atoms with Crippen molar-refractivity contribution in [1.29, 1.82) is 0 Å². The molecule has 0 radical (unpaired) electrons. The Morgan fingerprint density at radius 3 is 2.42 bits per heavy atom. The maximum absolute atomic E-state index is 13.2. The highest BCUT2D eigenvalue weighted by Crippen LogP contribution is 2.22. The van der Waals surface area contributed by atoms with Crippen molar-refractivity contribution in [2.45, 2.75) is 13.8 Å². The average molecular weight is 353 g/mol. The summed E-state index contributed by atoms with van der Waals surface area (Å²) in [4.78, 5) is 16.2. The molecule has 3 rings (SSSR count). The zero-order chi connectivity index (χ0) is 18.7. The van der Waals surface area contributed by atoms with Crippen LogP contribution in [0.25, 0.3) is 0 Å². The van der Waals surface area contributed by atoms with Gasteiger partial charge in [0.15, 0.2) is 11.6 Å². The lowest BCUT2D eigenvalue weighted by Crippen LogP contribution is -2.13. The van der Waals surface area contributed by atoms with E-state index in [1.165, 1.54) is 11.6 Å². The summed E-state index contributed by atoms with van der Waals surface area (Å²) in [6.45, 7) is 4.04. The number of halogens is 2. The molecule has 26 heavy (non-hydrogen) atoms. The molecule has 0 aliphatic heterocycles. The van der Waals surface area contributed by atoms with E-state index in [1.54, 1.807) is 18.3 Å². The highest BCUT2D eigenvalue weighted by Gasteiger charge is 2.10. The van der Waals surface area contributed by atoms with E-state index in [-0.39, 0.29) is 5.56 Å². The molecule has 0 atom stereocenters. The van der Waals surface area contributed by atoms with Crippen LogP contribution in [0.15, 0.2) is 54.7 Å². The molecule has 2 N–H and O–H groups in total. The van der Waals surface area contributed by atoms with Crippen molar-refractivity contribution in [3.8, 4) is 0 Å². The molecule has 0 aliphatic carbocycles. The van der Waals surface area contributed by atoms with Crippen LogP contribution in [0.3, 0.4) is 0 Å². The Morgan fingerprint density at radius 2 is 1.77 bits per heavy atom. The first kappa shape index (κ1) is 17.5. The number of hydrogen-bond donors (Lipinski definition) is 2. The van der Waals surface area contributed by atoms with Gasteiger partial charge in [0.1, 0.15) is 5.82 Å². The molecule has 6 heteroatoms. The molecule has 4 nitrogen and oxygen atoms in total. The molecule has 0 saturated heterocycles. The number of anilines is 3. The van der Waals surface area contributed by atoms with Gasteiger partial charge in [0.25, 0.3) is 5.91 Å². The van der Waals surface area contributed by atoms with Crippen LogP contribution in [-0.2, 0) is 0 Å². The molecule has 1 heterocycles. The van der Waals surface area contributed by atoms with E-state index in [4.69, 9.17) is 0 Å². The van der Waals surface area contributed by atoms with Crippen LogP contribution in [0, 0.1) is 25.5 Å². The number of aromatic nitrogens is 1. The number of aryl methyl sites for hydroxylation is 2. The third-order valence-electron chi connectivity index (χ3n) is 3.85. The normalized spacial score (nSPS) is 10.5. The van der Waals surface area contributed by atoms with Gasteiger partial charge in [-0.25, -0.2) is 13.8 Å². The summed E-state index contributed by atoms with van der Waals surface area (Å²) in [5.41, 5.74) is 4.05. The summed E-state index contributed by atoms with van der Waals surface area (Å²) in [7, 11) is 0. The highest BCUT2D eigenvalue weighted by atomic mass is 19.2. The molecule has 0 saturated carbocycles. The number of benzene rings is 2. The lowest BCUT2D eigenvalue weighted by Gasteiger charge is -2.11. The minimum atomic E-state index is -1.07. The van der Waals surface area contributed by atoms with Crippen LogP contribution in [-0.4, -0.2) is 10.9 Å². The quantitative estimate of drug-likeness (QED) is 0.696. The number of rotatable bonds is 4. The molecule has 0 unspecified atom stereocenters. The van der Waals surface area contributed by atoms with E-state index in [0.717, 1.165) is 29.1 Å². The van der Waals surface area contributed by atoms with Gasteiger partial charge in [-0.2, -0.15) is 0 Å². The van der Waals surface area contributed by atoms with Gasteiger partial charge in [-0.15, -0.1) is 0 Å². The minimum Gasteiger partial charge on any atom is -0.354 e. The number of nitrogens with zero attached hydrogens (tertiary/aromatic N) is 1. The zero-order valence-corrected chi connectivity index (χ0v) is 14.3. The van der Waals surface area contributed by atoms with Gasteiger partial charge in [-0.05, 0) is 55.8 Å². The Hall–Kier alpha value is -3.28. The van der Waals surface area contributed by atoms with Crippen LogP contribution in [0.1, 0.15) is 21.5 Å². The monoisotopic (exact) mass is 353 g/mol. The number of amides is 1. The first-order chi connectivity index (χ1) is 12.4. The lowest BCUT2D eigenvalue weighted by molar-refractivity contribution is 0.102. The summed E-state index contributed by atoms with van der Waals surface area (Å²) < 4.78 is 26.2. The van der Waals surface area contributed by atoms with E-state index < -0.39 is 17.5 Å². The summed E-state index contributed by atoms with van der Waals surface area (Å²) in [6, 6.07) is 12.4. The van der Waals surface area contributed by atoms with Crippen LogP contribution in [0.4, 0.5) is 26.0 Å². The highest BCUT2D eigenvalue weighted by molar-refractivity contribution is 6.03. The summed E-state index contributed by atoms with van der Waals surface area (Å²) in [5, 5.41) is 5.81. The topological polar surface area (TPSA) is 54.0 Å². The van der Waals surface area contributed by atoms with Crippen molar-refractivity contribution in [1.82, 2.24) is 4.98 Å². The van der Waals surface area contributed by atoms with Gasteiger partial charge < -0.3 is 10.6 Å². The molecule has 1 amide bonds. The number of hydrogen-bond acceptors (Lipinski definition) is 3. The summed E-state index contributed by atoms with van der Waals surface area (Å²) in [5.74, 6) is -2.32. The van der Waals surface area contributed by atoms with Crippen LogP contribution in [0.5, 0.6) is 0 Å². The van der Waals surface area contributed by atoms with Gasteiger partial charge in [-0.1, -0.05) is 17.7 Å². The molecule has 0 fully saturated rings. The first-order valence-corrected chi connectivity index (χ1v) is 7.99. The maximum atomic E-state index is 13.2. The van der Waals surface area contributed by atoms with Crippen LogP contribution in [0.2, 0.25) is 0 Å². The van der Waals surface area contributed by atoms with E-state index in [0.29, 0.717) is 5.82 Å². The summed E-state index contributed by atoms with van der Waals surface area (Å²) >= 11 is 0. The second-order valence-corrected chi connectivity index (χ2v) is 5.96. The van der Waals surface area contributed by atoms with E-state index in [9.17, 15) is 13.6 Å². The molecule has 1 aromatic heterocycles. The molecule has 3 aromatic rings. The van der Waals surface area contributed by atoms with E-state index >= 15 is 0 Å². The molecule has 2 aromatic carbocycles. The predicted molar refractivity (Wildman–Crippen MR) is 97.7 cm³/mol. The second-order valence-electron chi connectivity index (χ2n) is 5.96. The van der Waals surface area contributed by atoms with Gasteiger partial charge in [0.05, 0.1) is 11.9 Å². The SMILES string of the molecule is Cc1ccc(Nc2ccc(NC(=O)c3ccc(F)c(F)c3)nc2)c(C)c1. The lowest BCUT2D eigenvalue weighted by atomic mass is 10.1. The van der Waals surface area contributed by atoms with Crippen molar-refractivity contribution >= 4 is 23.1 Å². The molecule has 132 valence electrons. The van der Waals surface area contributed by atoms with Crippen molar-refractivity contribution in [3.05, 3.63) is 83.1 Å². The molecule has 0 aliphatic rings. The number of pyridine rings is 1. The fraction of sp³-hybridized carbons (Fsp3) is 0.100. The maximum Gasteiger partial charge on any atom is 0.256 e. The van der Waals surface area contributed by atoms with Crippen molar-refractivity contribution in [2.24, 2.45) is 0 Å². The average Bonchev–Trinajstić information content (AvgIpc) is 2.61. The molecule has 0 spiro atoms. The fourth-order valence-electron chi connectivity index (χ4n) is 2.48. The van der Waals surface area contributed by atoms with Crippen molar-refractivity contribution < 1.29 is 13.6 Å². The van der Waals surface area contributed by atoms with Gasteiger partial charge >= 0.3 is 0 Å². The standard InChI is InChI=1S/C20H17F2N3O/c1-12-3-7-18(13(2)9-12)24-15-5-8-19(23-11-15)25-20(26)14-4-6-16(21)17(22)10-14/h3-11,24H,1-2H3,(H,23,25,26). The smallest absolute Gasteiger partial charge is 0.256 e. The number of carbonyl (C=O) groups is 1. The van der Waals surface area contributed by atoms with Gasteiger partial charge in [-0.3, -0.25) is 4.79 Å². The zero-order valence-electron chi connectivity index (χ0n) is 14.3. The first-order valence-electron chi connectivity index (χ1n) is 7.99. The van der Waals surface area contributed by atoms with Crippen molar-refractivity contribution in [2.75, 3.05) is 10.6 Å². The molecular formula is C20H17F2N3O. The predicted octanol–water partition coefficient (Wildman–Crippen LogP) is 4.97. The van der Waals surface area contributed by atoms with E-state index in [1.807, 2.05) is 26.0 Å². The second kappa shape index (κ2) is 7.31. The third-order valence-corrected chi connectivity index (χ3v) is 3.85.